The molecule has 3 aromatic rings. The Hall–Kier alpha value is -2.54. The van der Waals surface area contributed by atoms with Crippen LogP contribution in [-0.2, 0) is 16.9 Å². The minimum Gasteiger partial charge on any atom is -0.616 e. The monoisotopic (exact) mass is 474 g/mol. The van der Waals surface area contributed by atoms with Crippen LogP contribution in [0.5, 0.6) is 11.5 Å². The summed E-state index contributed by atoms with van der Waals surface area (Å²) in [6.07, 6.45) is 1.53. The van der Waals surface area contributed by atoms with Gasteiger partial charge in [0.1, 0.15) is 33.9 Å². The number of aliphatic hydroxyl groups excluding tert-OH is 1. The molecule has 0 atom stereocenters. The molecule has 4 heterocycles. The van der Waals surface area contributed by atoms with Gasteiger partial charge in [0.2, 0.25) is 12.7 Å². The molecule has 5 rings (SSSR count). The second-order valence-electron chi connectivity index (χ2n) is 7.21. The molecule has 12 heteroatoms. The summed E-state index contributed by atoms with van der Waals surface area (Å²) in [6.45, 7) is 1.83. The standard InChI is InChI=1S/C20H22N6O4S2/c27-6-3-21-20-24-17-16(18(25-20)26-4-7-32(28)8-5-26)22-11-23-19(17)31-10-13-1-2-14-15(9-13)30-12-29-14/h1-2,9,11,27H,3-8,10,12H2,(H,21,24,25). The van der Waals surface area contributed by atoms with E-state index in [1.807, 2.05) is 18.2 Å². The minimum absolute atomic E-state index is 0.0313. The van der Waals surface area contributed by atoms with Crippen molar-refractivity contribution in [1.82, 2.24) is 19.9 Å². The van der Waals surface area contributed by atoms with Gasteiger partial charge in [-0.3, -0.25) is 0 Å². The van der Waals surface area contributed by atoms with Gasteiger partial charge in [0, 0.05) is 12.3 Å². The van der Waals surface area contributed by atoms with Gasteiger partial charge >= 0.3 is 0 Å². The molecule has 0 saturated carbocycles. The third-order valence-electron chi connectivity index (χ3n) is 5.11. The van der Waals surface area contributed by atoms with Gasteiger partial charge in [-0.2, -0.15) is 4.98 Å². The van der Waals surface area contributed by atoms with Crippen molar-refractivity contribution in [2.45, 2.75) is 10.8 Å². The van der Waals surface area contributed by atoms with E-state index in [1.54, 1.807) is 11.8 Å². The largest absolute Gasteiger partial charge is 0.616 e. The molecular formula is C20H22N6O4S2. The van der Waals surface area contributed by atoms with E-state index in [9.17, 15) is 9.66 Å². The lowest BCUT2D eigenvalue weighted by Crippen LogP contribution is -2.41. The van der Waals surface area contributed by atoms with Crippen molar-refractivity contribution in [1.29, 1.82) is 0 Å². The van der Waals surface area contributed by atoms with Crippen LogP contribution in [0.25, 0.3) is 11.0 Å². The topological polar surface area (TPSA) is 129 Å². The van der Waals surface area contributed by atoms with Crippen LogP contribution in [0.3, 0.4) is 0 Å². The Balaban J connectivity index is 1.46. The van der Waals surface area contributed by atoms with Gasteiger partial charge in [0.15, 0.2) is 17.3 Å². The second kappa shape index (κ2) is 9.53. The Bertz CT molecular complexity index is 1110. The second-order valence-corrected chi connectivity index (χ2v) is 9.87. The van der Waals surface area contributed by atoms with Crippen molar-refractivity contribution in [3.8, 4) is 11.5 Å². The smallest absolute Gasteiger partial charge is 0.231 e. The van der Waals surface area contributed by atoms with Crippen LogP contribution in [-0.4, -0.2) is 74.1 Å². The van der Waals surface area contributed by atoms with Crippen LogP contribution >= 0.6 is 11.8 Å². The molecule has 0 aliphatic carbocycles. The summed E-state index contributed by atoms with van der Waals surface area (Å²) in [5.41, 5.74) is 2.39. The number of ether oxygens (including phenoxy) is 2. The van der Waals surface area contributed by atoms with Gasteiger partial charge < -0.3 is 29.3 Å². The highest BCUT2D eigenvalue weighted by Gasteiger charge is 2.25. The first kappa shape index (κ1) is 21.3. The zero-order valence-electron chi connectivity index (χ0n) is 17.2. The fourth-order valence-electron chi connectivity index (χ4n) is 3.52. The van der Waals surface area contributed by atoms with Gasteiger partial charge in [0.25, 0.3) is 0 Å². The molecule has 1 saturated heterocycles. The number of anilines is 2. The summed E-state index contributed by atoms with van der Waals surface area (Å²) >= 11 is 0.758. The molecular weight excluding hydrogens is 452 g/mol. The van der Waals surface area contributed by atoms with Crippen LogP contribution in [0.15, 0.2) is 29.6 Å². The number of nitrogens with zero attached hydrogens (tertiary/aromatic N) is 5. The lowest BCUT2D eigenvalue weighted by molar-refractivity contribution is 0.174. The maximum Gasteiger partial charge on any atom is 0.231 e. The van der Waals surface area contributed by atoms with Crippen molar-refractivity contribution >= 4 is 45.7 Å². The predicted octanol–water partition coefficient (Wildman–Crippen LogP) is 1.41. The number of rotatable bonds is 7. The van der Waals surface area contributed by atoms with E-state index in [-0.39, 0.29) is 13.4 Å². The third kappa shape index (κ3) is 4.49. The summed E-state index contributed by atoms with van der Waals surface area (Å²) in [5.74, 6) is 4.48. The molecule has 0 unspecified atom stereocenters. The van der Waals surface area contributed by atoms with E-state index in [1.165, 1.54) is 6.33 Å². The highest BCUT2D eigenvalue weighted by atomic mass is 32.2. The predicted molar refractivity (Wildman–Crippen MR) is 123 cm³/mol. The van der Waals surface area contributed by atoms with E-state index < -0.39 is 11.2 Å². The minimum atomic E-state index is -0.797. The number of hydrogen-bond donors (Lipinski definition) is 2. The average molecular weight is 475 g/mol. The van der Waals surface area contributed by atoms with Crippen molar-refractivity contribution in [2.75, 3.05) is 54.8 Å². The van der Waals surface area contributed by atoms with E-state index >= 15 is 0 Å². The van der Waals surface area contributed by atoms with Gasteiger partial charge in [-0.1, -0.05) is 29.0 Å². The Labute approximate surface area is 192 Å². The Morgan fingerprint density at radius 3 is 2.81 bits per heavy atom. The van der Waals surface area contributed by atoms with Gasteiger partial charge in [-0.25, -0.2) is 15.0 Å². The number of fused-ring (bicyclic) bond motifs is 2. The normalized spacial score (nSPS) is 16.0. The molecule has 0 spiro atoms. The molecule has 2 aliphatic heterocycles. The highest BCUT2D eigenvalue weighted by molar-refractivity contribution is 7.98. The molecule has 168 valence electrons. The quantitative estimate of drug-likeness (QED) is 0.293. The molecule has 0 bridgehead atoms. The van der Waals surface area contributed by atoms with E-state index in [2.05, 4.69) is 30.2 Å². The number of aromatic nitrogens is 4. The number of aliphatic hydroxyl groups is 1. The van der Waals surface area contributed by atoms with E-state index in [0.29, 0.717) is 59.7 Å². The van der Waals surface area contributed by atoms with Gasteiger partial charge in [-0.05, 0) is 17.7 Å². The maximum atomic E-state index is 11.8. The van der Waals surface area contributed by atoms with Crippen LogP contribution in [0.1, 0.15) is 5.56 Å². The first-order valence-electron chi connectivity index (χ1n) is 10.2. The highest BCUT2D eigenvalue weighted by Crippen LogP contribution is 2.36. The van der Waals surface area contributed by atoms with Crippen LogP contribution in [0.4, 0.5) is 11.8 Å². The number of thioether (sulfide) groups is 1. The van der Waals surface area contributed by atoms with Gasteiger partial charge in [0.05, 0.1) is 19.7 Å². The molecule has 0 amide bonds. The summed E-state index contributed by atoms with van der Waals surface area (Å²) in [5, 5.41) is 13.0. The Morgan fingerprint density at radius 2 is 1.97 bits per heavy atom. The molecule has 1 fully saturated rings. The lowest BCUT2D eigenvalue weighted by atomic mass is 10.2. The zero-order chi connectivity index (χ0) is 21.9. The molecule has 2 aliphatic rings. The van der Waals surface area contributed by atoms with Crippen molar-refractivity contribution < 1.29 is 19.1 Å². The SMILES string of the molecule is [O-][S+]1CCN(c2nc(NCCO)nc3c(SCc4ccc5c(c4)OCO5)ncnc23)CC1. The summed E-state index contributed by atoms with van der Waals surface area (Å²) in [4.78, 5) is 20.3. The Kier molecular flexibility index (Phi) is 6.35. The lowest BCUT2D eigenvalue weighted by Gasteiger charge is -2.29. The molecule has 32 heavy (non-hydrogen) atoms. The molecule has 2 aromatic heterocycles. The fourth-order valence-corrected chi connectivity index (χ4v) is 5.45. The zero-order valence-corrected chi connectivity index (χ0v) is 18.8. The number of benzene rings is 1. The van der Waals surface area contributed by atoms with Crippen molar-refractivity contribution in [3.63, 3.8) is 0 Å². The Morgan fingerprint density at radius 1 is 1.12 bits per heavy atom. The van der Waals surface area contributed by atoms with Gasteiger partial charge in [-0.15, -0.1) is 0 Å². The molecule has 10 nitrogen and oxygen atoms in total. The molecule has 0 radical (unpaired) electrons. The third-order valence-corrected chi connectivity index (χ3v) is 7.44. The van der Waals surface area contributed by atoms with Crippen molar-refractivity contribution in [2.24, 2.45) is 0 Å². The van der Waals surface area contributed by atoms with Crippen LogP contribution < -0.4 is 19.7 Å². The first-order chi connectivity index (χ1) is 15.7. The summed E-state index contributed by atoms with van der Waals surface area (Å²) in [6, 6.07) is 5.89. The number of nitrogens with one attached hydrogen (secondary N) is 1. The van der Waals surface area contributed by atoms with Crippen LogP contribution in [0.2, 0.25) is 0 Å². The number of hydrogen-bond acceptors (Lipinski definition) is 11. The average Bonchev–Trinajstić information content (AvgIpc) is 3.29. The first-order valence-corrected chi connectivity index (χ1v) is 12.7. The summed E-state index contributed by atoms with van der Waals surface area (Å²) < 4.78 is 22.7. The summed E-state index contributed by atoms with van der Waals surface area (Å²) in [7, 11) is 0. The molecule has 2 N–H and O–H groups in total. The van der Waals surface area contributed by atoms with E-state index in [0.717, 1.165) is 22.1 Å². The molecule has 1 aromatic carbocycles. The van der Waals surface area contributed by atoms with Crippen LogP contribution in [0, 0.1) is 0 Å². The van der Waals surface area contributed by atoms with Crippen molar-refractivity contribution in [3.05, 3.63) is 30.1 Å². The maximum absolute atomic E-state index is 11.8. The fraction of sp³-hybridized carbons (Fsp3) is 0.400. The van der Waals surface area contributed by atoms with E-state index in [4.69, 9.17) is 9.47 Å².